The monoisotopic (exact) mass is 279 g/mol. The summed E-state index contributed by atoms with van der Waals surface area (Å²) in [5, 5.41) is 0. The number of rotatable bonds is 7. The molecule has 0 amide bonds. The largest absolute Gasteiger partial charge is 0.382 e. The molecule has 1 aromatic carbocycles. The van der Waals surface area contributed by atoms with Crippen LogP contribution in [0.1, 0.15) is 30.0 Å². The summed E-state index contributed by atoms with van der Waals surface area (Å²) in [6.07, 6.45) is 3.31. The molecule has 0 heterocycles. The number of ether oxygens (including phenoxy) is 3. The molecule has 112 valence electrons. The summed E-state index contributed by atoms with van der Waals surface area (Å²) in [4.78, 5) is 0. The Labute approximate surface area is 121 Å². The number of hydrogen-bond donors (Lipinski definition) is 1. The summed E-state index contributed by atoms with van der Waals surface area (Å²) in [6, 6.07) is 8.39. The maximum absolute atomic E-state index is 6.37. The Morgan fingerprint density at radius 1 is 1.15 bits per heavy atom. The lowest BCUT2D eigenvalue weighted by molar-refractivity contribution is -0.0178. The Balaban J connectivity index is 1.80. The second-order valence-electron chi connectivity index (χ2n) is 5.13. The lowest BCUT2D eigenvalue weighted by atomic mass is 9.98. The van der Waals surface area contributed by atoms with E-state index in [1.54, 1.807) is 7.11 Å². The molecule has 0 saturated carbocycles. The van der Waals surface area contributed by atoms with Crippen LogP contribution in [0.2, 0.25) is 0 Å². The van der Waals surface area contributed by atoms with Gasteiger partial charge in [-0.05, 0) is 30.4 Å². The average molecular weight is 279 g/mol. The van der Waals surface area contributed by atoms with E-state index in [9.17, 15) is 0 Å². The Hall–Kier alpha value is -0.940. The summed E-state index contributed by atoms with van der Waals surface area (Å²) < 4.78 is 16.3. The van der Waals surface area contributed by atoms with E-state index in [0.717, 1.165) is 19.3 Å². The van der Waals surface area contributed by atoms with Crippen LogP contribution in [0.5, 0.6) is 0 Å². The van der Waals surface area contributed by atoms with Crippen molar-refractivity contribution >= 4 is 0 Å². The Bertz CT molecular complexity index is 397. The zero-order valence-electron chi connectivity index (χ0n) is 12.2. The minimum absolute atomic E-state index is 0.0346. The molecule has 0 aromatic heterocycles. The molecule has 1 aromatic rings. The molecule has 4 heteroatoms. The molecule has 20 heavy (non-hydrogen) atoms. The summed E-state index contributed by atoms with van der Waals surface area (Å²) in [5.41, 5.74) is 8.96. The minimum atomic E-state index is -0.0346. The lowest BCUT2D eigenvalue weighted by Gasteiger charge is -2.23. The van der Waals surface area contributed by atoms with Crippen molar-refractivity contribution in [3.05, 3.63) is 35.4 Å². The first-order valence-electron chi connectivity index (χ1n) is 7.34. The van der Waals surface area contributed by atoms with Gasteiger partial charge in [-0.3, -0.25) is 0 Å². The zero-order valence-corrected chi connectivity index (χ0v) is 12.2. The molecule has 0 spiro atoms. The quantitative estimate of drug-likeness (QED) is 0.613. The highest BCUT2D eigenvalue weighted by Gasteiger charge is 2.24. The number of aryl methyl sites for hydroxylation is 1. The predicted molar refractivity (Wildman–Crippen MR) is 78.7 cm³/mol. The number of benzene rings is 1. The molecule has 1 aliphatic rings. The van der Waals surface area contributed by atoms with Gasteiger partial charge in [-0.2, -0.15) is 0 Å². The Morgan fingerprint density at radius 2 is 1.95 bits per heavy atom. The molecule has 1 aliphatic carbocycles. The Morgan fingerprint density at radius 3 is 2.80 bits per heavy atom. The third-order valence-corrected chi connectivity index (χ3v) is 3.74. The number of nitrogens with two attached hydrogens (primary N) is 1. The van der Waals surface area contributed by atoms with Gasteiger partial charge in [0, 0.05) is 7.11 Å². The molecule has 0 radical (unpaired) electrons. The highest BCUT2D eigenvalue weighted by molar-refractivity contribution is 5.31. The normalized spacial score (nSPS) is 22.3. The molecule has 0 bridgehead atoms. The molecule has 2 N–H and O–H groups in total. The summed E-state index contributed by atoms with van der Waals surface area (Å²) in [7, 11) is 1.67. The third-order valence-electron chi connectivity index (χ3n) is 3.74. The fourth-order valence-electron chi connectivity index (χ4n) is 2.65. The first-order chi connectivity index (χ1) is 9.83. The number of methoxy groups -OCH3 is 1. The molecule has 2 unspecified atom stereocenters. The van der Waals surface area contributed by atoms with Crippen LogP contribution >= 0.6 is 0 Å². The van der Waals surface area contributed by atoms with Crippen LogP contribution in [0.15, 0.2) is 24.3 Å². The van der Waals surface area contributed by atoms with Crippen LogP contribution in [-0.4, -0.2) is 39.6 Å². The Kier molecular flexibility index (Phi) is 6.47. The molecule has 2 atom stereocenters. The molecule has 2 rings (SSSR count). The molecule has 0 saturated heterocycles. The van der Waals surface area contributed by atoms with E-state index in [-0.39, 0.29) is 12.1 Å². The van der Waals surface area contributed by atoms with Gasteiger partial charge >= 0.3 is 0 Å². The van der Waals surface area contributed by atoms with Crippen molar-refractivity contribution in [2.75, 3.05) is 33.5 Å². The SMILES string of the molecule is COCCOCCOC1CCCc2ccccc2C1N. The van der Waals surface area contributed by atoms with Crippen molar-refractivity contribution in [2.45, 2.75) is 31.4 Å². The van der Waals surface area contributed by atoms with Gasteiger partial charge in [-0.15, -0.1) is 0 Å². The average Bonchev–Trinajstić information content (AvgIpc) is 2.63. The van der Waals surface area contributed by atoms with Crippen molar-refractivity contribution in [3.63, 3.8) is 0 Å². The van der Waals surface area contributed by atoms with Crippen LogP contribution in [0, 0.1) is 0 Å². The first kappa shape index (κ1) is 15.4. The van der Waals surface area contributed by atoms with E-state index in [1.165, 1.54) is 11.1 Å². The van der Waals surface area contributed by atoms with Crippen LogP contribution in [0.3, 0.4) is 0 Å². The number of fused-ring (bicyclic) bond motifs is 1. The van der Waals surface area contributed by atoms with E-state index >= 15 is 0 Å². The van der Waals surface area contributed by atoms with Crippen molar-refractivity contribution in [1.29, 1.82) is 0 Å². The van der Waals surface area contributed by atoms with Crippen LogP contribution < -0.4 is 5.73 Å². The maximum atomic E-state index is 6.37. The fraction of sp³-hybridized carbons (Fsp3) is 0.625. The van der Waals surface area contributed by atoms with Gasteiger partial charge < -0.3 is 19.9 Å². The van der Waals surface area contributed by atoms with Gasteiger partial charge in [-0.1, -0.05) is 24.3 Å². The van der Waals surface area contributed by atoms with Crippen molar-refractivity contribution in [2.24, 2.45) is 5.73 Å². The third kappa shape index (κ3) is 4.28. The smallest absolute Gasteiger partial charge is 0.0769 e. The number of hydrogen-bond acceptors (Lipinski definition) is 4. The van der Waals surface area contributed by atoms with E-state index in [0.29, 0.717) is 26.4 Å². The van der Waals surface area contributed by atoms with Gasteiger partial charge in [0.2, 0.25) is 0 Å². The summed E-state index contributed by atoms with van der Waals surface area (Å²) >= 11 is 0. The van der Waals surface area contributed by atoms with E-state index in [2.05, 4.69) is 24.3 Å². The predicted octanol–water partition coefficient (Wildman–Crippen LogP) is 2.07. The molecule has 0 aliphatic heterocycles. The van der Waals surface area contributed by atoms with Gasteiger partial charge in [0.1, 0.15) is 0 Å². The van der Waals surface area contributed by atoms with Crippen molar-refractivity contribution in [3.8, 4) is 0 Å². The summed E-state index contributed by atoms with van der Waals surface area (Å²) in [5.74, 6) is 0. The molecule has 4 nitrogen and oxygen atoms in total. The second-order valence-corrected chi connectivity index (χ2v) is 5.13. The van der Waals surface area contributed by atoms with Gasteiger partial charge in [0.05, 0.1) is 38.6 Å². The van der Waals surface area contributed by atoms with Gasteiger partial charge in [-0.25, -0.2) is 0 Å². The molecular formula is C16H25NO3. The van der Waals surface area contributed by atoms with E-state index in [1.807, 2.05) is 0 Å². The lowest BCUT2D eigenvalue weighted by Crippen LogP contribution is -2.29. The van der Waals surface area contributed by atoms with Crippen LogP contribution in [0.4, 0.5) is 0 Å². The van der Waals surface area contributed by atoms with E-state index in [4.69, 9.17) is 19.9 Å². The van der Waals surface area contributed by atoms with E-state index < -0.39 is 0 Å². The van der Waals surface area contributed by atoms with Gasteiger partial charge in [0.15, 0.2) is 0 Å². The highest BCUT2D eigenvalue weighted by Crippen LogP contribution is 2.28. The fourth-order valence-corrected chi connectivity index (χ4v) is 2.65. The van der Waals surface area contributed by atoms with Crippen LogP contribution in [0.25, 0.3) is 0 Å². The van der Waals surface area contributed by atoms with Crippen molar-refractivity contribution in [1.82, 2.24) is 0 Å². The topological polar surface area (TPSA) is 53.7 Å². The standard InChI is InChI=1S/C16H25NO3/c1-18-9-10-19-11-12-20-15-8-4-6-13-5-2-3-7-14(13)16(15)17/h2-3,5,7,15-16H,4,6,8-12,17H2,1H3. The summed E-state index contributed by atoms with van der Waals surface area (Å²) in [6.45, 7) is 2.41. The maximum Gasteiger partial charge on any atom is 0.0769 e. The second kappa shape index (κ2) is 8.37. The van der Waals surface area contributed by atoms with Crippen molar-refractivity contribution < 1.29 is 14.2 Å². The molecule has 0 fully saturated rings. The minimum Gasteiger partial charge on any atom is -0.382 e. The zero-order chi connectivity index (χ0) is 14.2. The first-order valence-corrected chi connectivity index (χ1v) is 7.34. The highest BCUT2D eigenvalue weighted by atomic mass is 16.5. The van der Waals surface area contributed by atoms with Crippen LogP contribution in [-0.2, 0) is 20.6 Å². The molecular weight excluding hydrogens is 254 g/mol. The van der Waals surface area contributed by atoms with Gasteiger partial charge in [0.25, 0.3) is 0 Å².